The van der Waals surface area contributed by atoms with Gasteiger partial charge in [0.15, 0.2) is 0 Å². The van der Waals surface area contributed by atoms with Gasteiger partial charge in [0.2, 0.25) is 11.9 Å². The van der Waals surface area contributed by atoms with Crippen LogP contribution in [0.25, 0.3) is 0 Å². The highest BCUT2D eigenvalue weighted by molar-refractivity contribution is 6.29. The molecule has 2 aromatic heterocycles. The lowest BCUT2D eigenvalue weighted by molar-refractivity contribution is -0.116. The topological polar surface area (TPSA) is 98.7 Å². The largest absolute Gasteiger partial charge is 0.396 e. The van der Waals surface area contributed by atoms with Crippen LogP contribution in [0.4, 0.5) is 11.6 Å². The Morgan fingerprint density at radius 1 is 1.56 bits per heavy atom. The molecular weight excluding hydrogens is 256 g/mol. The Bertz CT molecular complexity index is 561. The Morgan fingerprint density at radius 2 is 2.33 bits per heavy atom. The fourth-order valence-electron chi connectivity index (χ4n) is 1.36. The molecule has 0 unspecified atom stereocenters. The van der Waals surface area contributed by atoms with E-state index in [1.807, 2.05) is 0 Å². The van der Waals surface area contributed by atoms with E-state index in [2.05, 4.69) is 20.4 Å². The second-order valence-electron chi connectivity index (χ2n) is 3.68. The molecule has 7 nitrogen and oxygen atoms in total. The fourth-order valence-corrected chi connectivity index (χ4v) is 1.60. The van der Waals surface area contributed by atoms with Crippen molar-refractivity contribution in [1.82, 2.24) is 19.7 Å². The van der Waals surface area contributed by atoms with Crippen molar-refractivity contribution in [3.63, 3.8) is 0 Å². The zero-order chi connectivity index (χ0) is 13.1. The van der Waals surface area contributed by atoms with Crippen LogP contribution < -0.4 is 11.1 Å². The number of nitrogens with two attached hydrogens (primary N) is 1. The van der Waals surface area contributed by atoms with Gasteiger partial charge in [0, 0.05) is 11.9 Å². The molecule has 0 spiro atoms. The molecule has 0 atom stereocenters. The Hall–Kier alpha value is -2.15. The van der Waals surface area contributed by atoms with Crippen LogP contribution in [0.15, 0.2) is 18.5 Å². The summed E-state index contributed by atoms with van der Waals surface area (Å²) in [6.45, 7) is 1.80. The van der Waals surface area contributed by atoms with Crippen molar-refractivity contribution in [1.29, 1.82) is 0 Å². The molecule has 2 heterocycles. The molecule has 8 heteroatoms. The Balaban J connectivity index is 2.02. The van der Waals surface area contributed by atoms with Gasteiger partial charge in [0.05, 0.1) is 11.9 Å². The number of nitrogen functional groups attached to an aromatic ring is 1. The molecule has 2 rings (SSSR count). The van der Waals surface area contributed by atoms with Gasteiger partial charge >= 0.3 is 0 Å². The Kier molecular flexibility index (Phi) is 3.42. The number of anilines is 2. The smallest absolute Gasteiger partial charge is 0.248 e. The van der Waals surface area contributed by atoms with E-state index in [1.165, 1.54) is 10.9 Å². The molecule has 0 fully saturated rings. The van der Waals surface area contributed by atoms with E-state index in [1.54, 1.807) is 19.2 Å². The molecule has 0 bridgehead atoms. The van der Waals surface area contributed by atoms with Crippen molar-refractivity contribution >= 4 is 29.1 Å². The number of halogens is 1. The fraction of sp³-hybridized carbons (Fsp3) is 0.200. The Morgan fingerprint density at radius 3 is 2.94 bits per heavy atom. The maximum Gasteiger partial charge on any atom is 0.248 e. The van der Waals surface area contributed by atoms with Gasteiger partial charge in [-0.25, -0.2) is 9.97 Å². The van der Waals surface area contributed by atoms with E-state index in [0.29, 0.717) is 11.4 Å². The summed E-state index contributed by atoms with van der Waals surface area (Å²) in [5.74, 6) is -0.134. The first kappa shape index (κ1) is 12.3. The number of carbonyl (C=O) groups excluding carboxylic acids is 1. The van der Waals surface area contributed by atoms with Crippen LogP contribution in [0.2, 0.25) is 5.15 Å². The molecular formula is C10H11ClN6O. The molecule has 0 aromatic carbocycles. The van der Waals surface area contributed by atoms with E-state index >= 15 is 0 Å². The number of nitrogens with zero attached hydrogens (tertiary/aromatic N) is 4. The second kappa shape index (κ2) is 5.01. The first-order chi connectivity index (χ1) is 8.52. The second-order valence-corrected chi connectivity index (χ2v) is 4.06. The van der Waals surface area contributed by atoms with Crippen LogP contribution in [-0.4, -0.2) is 25.7 Å². The highest BCUT2D eigenvalue weighted by Crippen LogP contribution is 2.09. The van der Waals surface area contributed by atoms with Crippen molar-refractivity contribution in [2.75, 3.05) is 11.1 Å². The summed E-state index contributed by atoms with van der Waals surface area (Å²) in [6, 6.07) is 1.60. The number of carbonyl (C=O) groups is 1. The quantitative estimate of drug-likeness (QED) is 0.803. The van der Waals surface area contributed by atoms with E-state index < -0.39 is 0 Å². The highest BCUT2D eigenvalue weighted by Gasteiger charge is 2.07. The average Bonchev–Trinajstić information content (AvgIpc) is 2.61. The van der Waals surface area contributed by atoms with Gasteiger partial charge < -0.3 is 5.73 Å². The first-order valence-electron chi connectivity index (χ1n) is 5.12. The maximum absolute atomic E-state index is 11.7. The lowest BCUT2D eigenvalue weighted by atomic mass is 10.4. The van der Waals surface area contributed by atoms with Gasteiger partial charge in [0.25, 0.3) is 0 Å². The minimum absolute atomic E-state index is 0.0339. The zero-order valence-electron chi connectivity index (χ0n) is 9.59. The van der Waals surface area contributed by atoms with Gasteiger partial charge in [-0.15, -0.1) is 0 Å². The predicted octanol–water partition coefficient (Wildman–Crippen LogP) is 0.856. The molecule has 0 aliphatic carbocycles. The van der Waals surface area contributed by atoms with Crippen LogP contribution >= 0.6 is 11.6 Å². The predicted molar refractivity (Wildman–Crippen MR) is 67.0 cm³/mol. The molecule has 0 saturated carbocycles. The van der Waals surface area contributed by atoms with Gasteiger partial charge in [-0.1, -0.05) is 11.6 Å². The monoisotopic (exact) mass is 266 g/mol. The van der Waals surface area contributed by atoms with E-state index in [4.69, 9.17) is 17.3 Å². The summed E-state index contributed by atoms with van der Waals surface area (Å²) in [5.41, 5.74) is 6.66. The van der Waals surface area contributed by atoms with Crippen molar-refractivity contribution in [3.8, 4) is 0 Å². The number of aromatic nitrogens is 4. The average molecular weight is 267 g/mol. The SMILES string of the molecule is Cc1cc(Cl)nc(NC(=O)Cn2cc(N)cn2)n1. The van der Waals surface area contributed by atoms with Crippen molar-refractivity contribution < 1.29 is 4.79 Å². The van der Waals surface area contributed by atoms with E-state index in [9.17, 15) is 4.79 Å². The van der Waals surface area contributed by atoms with E-state index in [0.717, 1.165) is 0 Å². The van der Waals surface area contributed by atoms with Crippen LogP contribution in [0, 0.1) is 6.92 Å². The van der Waals surface area contributed by atoms with Gasteiger partial charge in [-0.3, -0.25) is 14.8 Å². The van der Waals surface area contributed by atoms with Gasteiger partial charge in [-0.2, -0.15) is 5.10 Å². The van der Waals surface area contributed by atoms with Gasteiger partial charge in [-0.05, 0) is 13.0 Å². The molecule has 0 radical (unpaired) electrons. The number of rotatable bonds is 3. The summed E-state index contributed by atoms with van der Waals surface area (Å²) >= 11 is 5.76. The first-order valence-corrected chi connectivity index (χ1v) is 5.50. The zero-order valence-corrected chi connectivity index (χ0v) is 10.3. The molecule has 3 N–H and O–H groups in total. The maximum atomic E-state index is 11.7. The minimum Gasteiger partial charge on any atom is -0.396 e. The lowest BCUT2D eigenvalue weighted by Crippen LogP contribution is -2.20. The van der Waals surface area contributed by atoms with Crippen LogP contribution in [0.3, 0.4) is 0 Å². The third-order valence-electron chi connectivity index (χ3n) is 2.03. The third kappa shape index (κ3) is 3.17. The van der Waals surface area contributed by atoms with E-state index in [-0.39, 0.29) is 23.6 Å². The number of amides is 1. The summed E-state index contributed by atoms with van der Waals surface area (Å²) in [7, 11) is 0. The van der Waals surface area contributed by atoms with Crippen LogP contribution in [0.5, 0.6) is 0 Å². The summed E-state index contributed by atoms with van der Waals surface area (Å²) in [6.07, 6.45) is 3.02. The molecule has 0 aliphatic heterocycles. The number of nitrogens with one attached hydrogen (secondary N) is 1. The van der Waals surface area contributed by atoms with Crippen molar-refractivity contribution in [2.45, 2.75) is 13.5 Å². The van der Waals surface area contributed by atoms with Crippen LogP contribution in [-0.2, 0) is 11.3 Å². The number of hydrogen-bond acceptors (Lipinski definition) is 5. The Labute approximate surface area is 108 Å². The third-order valence-corrected chi connectivity index (χ3v) is 2.23. The highest BCUT2D eigenvalue weighted by atomic mass is 35.5. The normalized spacial score (nSPS) is 10.3. The summed E-state index contributed by atoms with van der Waals surface area (Å²) < 4.78 is 1.42. The molecule has 0 saturated heterocycles. The summed E-state index contributed by atoms with van der Waals surface area (Å²) in [5, 5.41) is 6.71. The molecule has 94 valence electrons. The van der Waals surface area contributed by atoms with Gasteiger partial charge in [0.1, 0.15) is 11.7 Å². The summed E-state index contributed by atoms with van der Waals surface area (Å²) in [4.78, 5) is 19.6. The molecule has 18 heavy (non-hydrogen) atoms. The molecule has 2 aromatic rings. The van der Waals surface area contributed by atoms with Crippen LogP contribution in [0.1, 0.15) is 5.69 Å². The molecule has 1 amide bonds. The molecule has 0 aliphatic rings. The lowest BCUT2D eigenvalue weighted by Gasteiger charge is -2.04. The van der Waals surface area contributed by atoms with Crippen molar-refractivity contribution in [3.05, 3.63) is 29.3 Å². The standard InChI is InChI=1S/C10H11ClN6O/c1-6-2-8(11)15-10(14-6)16-9(18)5-17-4-7(12)3-13-17/h2-4H,5,12H2,1H3,(H,14,15,16,18). The van der Waals surface area contributed by atoms with Crippen molar-refractivity contribution in [2.24, 2.45) is 0 Å². The number of hydrogen-bond donors (Lipinski definition) is 2. The minimum atomic E-state index is -0.306. The number of aryl methyl sites for hydroxylation is 1.